The average molecular weight is 216 g/mol. The Balaban J connectivity index is 0.00000144. The van der Waals surface area contributed by atoms with Gasteiger partial charge < -0.3 is 43.3 Å². The Kier molecular flexibility index (Phi) is 5.08. The first kappa shape index (κ1) is 13.1. The van der Waals surface area contributed by atoms with Gasteiger partial charge in [-0.25, -0.2) is 0 Å². The maximum Gasteiger partial charge on any atom is 0.211 e. The molecule has 0 spiro atoms. The van der Waals surface area contributed by atoms with Gasteiger partial charge >= 0.3 is 0 Å². The molecule has 0 saturated carbocycles. The van der Waals surface area contributed by atoms with E-state index in [-0.39, 0.29) is 12.4 Å². The minimum atomic E-state index is -1.24. The highest BCUT2D eigenvalue weighted by molar-refractivity contribution is 4.87. The van der Waals surface area contributed by atoms with E-state index in [1.165, 1.54) is 0 Å². The molecular formula is C6H14ClNO5. The van der Waals surface area contributed by atoms with Crippen molar-refractivity contribution in [3.8, 4) is 0 Å². The molecule has 0 aromatic rings. The summed E-state index contributed by atoms with van der Waals surface area (Å²) in [5.74, 6) is 0. The van der Waals surface area contributed by atoms with Crippen LogP contribution in [-0.4, -0.2) is 57.7 Å². The number of rotatable bonds is 1. The smallest absolute Gasteiger partial charge is 0.211 e. The van der Waals surface area contributed by atoms with Crippen LogP contribution < -0.4 is 18.1 Å². The van der Waals surface area contributed by atoms with Gasteiger partial charge in [0.1, 0.15) is 18.3 Å². The van der Waals surface area contributed by atoms with Gasteiger partial charge in [-0.05, 0) is 0 Å². The van der Waals surface area contributed by atoms with E-state index in [9.17, 15) is 10.2 Å². The van der Waals surface area contributed by atoms with E-state index >= 15 is 0 Å². The van der Waals surface area contributed by atoms with Crippen molar-refractivity contribution >= 4 is 0 Å². The van der Waals surface area contributed by atoms with Gasteiger partial charge in [0, 0.05) is 0 Å². The van der Waals surface area contributed by atoms with Crippen molar-refractivity contribution < 1.29 is 43.3 Å². The Labute approximate surface area is 81.3 Å². The van der Waals surface area contributed by atoms with Crippen molar-refractivity contribution in [2.75, 3.05) is 6.61 Å². The number of hydrogen-bond donors (Lipinski definition) is 5. The third-order valence-corrected chi connectivity index (χ3v) is 2.03. The van der Waals surface area contributed by atoms with Gasteiger partial charge in [-0.15, -0.1) is 0 Å². The minimum absolute atomic E-state index is 0. The second-order valence-electron chi connectivity index (χ2n) is 2.89. The molecule has 0 bridgehead atoms. The second-order valence-corrected chi connectivity index (χ2v) is 2.89. The van der Waals surface area contributed by atoms with Crippen LogP contribution in [0, 0.1) is 0 Å². The summed E-state index contributed by atoms with van der Waals surface area (Å²) in [6.45, 7) is -0.442. The van der Waals surface area contributed by atoms with Crippen LogP contribution in [-0.2, 0) is 4.74 Å². The van der Waals surface area contributed by atoms with E-state index in [2.05, 4.69) is 5.73 Å². The molecule has 1 rings (SSSR count). The van der Waals surface area contributed by atoms with Crippen molar-refractivity contribution in [3.63, 3.8) is 0 Å². The molecule has 0 aliphatic carbocycles. The standard InChI is InChI=1S/C6H13NO5.ClH/c7-3-5(10)4(9)2(1-8)12-6(3)11;/h2-6,8-11H,1,7H2;1H/t2?,3?,4-,5?,6?;/m1./s1. The lowest BCUT2D eigenvalue weighted by molar-refractivity contribution is -0.497. The van der Waals surface area contributed by atoms with Gasteiger partial charge in [-0.3, -0.25) is 0 Å². The van der Waals surface area contributed by atoms with Crippen LogP contribution in [0.5, 0.6) is 0 Å². The third kappa shape index (κ3) is 2.50. The quantitative estimate of drug-likeness (QED) is 0.298. The monoisotopic (exact) mass is 215 g/mol. The molecule has 0 radical (unpaired) electrons. The second kappa shape index (κ2) is 5.06. The van der Waals surface area contributed by atoms with Crippen molar-refractivity contribution in [3.05, 3.63) is 0 Å². The zero-order chi connectivity index (χ0) is 9.30. The lowest BCUT2D eigenvalue weighted by atomic mass is 9.98. The predicted octanol–water partition coefficient (Wildman–Crippen LogP) is -6.97. The predicted molar refractivity (Wildman–Crippen MR) is 36.7 cm³/mol. The summed E-state index contributed by atoms with van der Waals surface area (Å²) in [5, 5.41) is 36.3. The largest absolute Gasteiger partial charge is 1.00 e. The normalized spacial score (nSPS) is 45.5. The fraction of sp³-hybridized carbons (Fsp3) is 1.00. The molecule has 6 nitrogen and oxygen atoms in total. The summed E-state index contributed by atoms with van der Waals surface area (Å²) in [6.07, 6.45) is -4.53. The van der Waals surface area contributed by atoms with Gasteiger partial charge in [0.2, 0.25) is 6.29 Å². The minimum Gasteiger partial charge on any atom is -1.00 e. The molecule has 1 heterocycles. The Morgan fingerprint density at radius 1 is 1.15 bits per heavy atom. The van der Waals surface area contributed by atoms with Crippen LogP contribution >= 0.6 is 0 Å². The fourth-order valence-electron chi connectivity index (χ4n) is 1.15. The average Bonchev–Trinajstić information content (AvgIpc) is 2.08. The molecule has 1 aliphatic rings. The SMILES string of the molecule is [Cl-].[NH3+]C1C(O)OC(CO)[C@@H](O)C1O. The van der Waals surface area contributed by atoms with E-state index in [1.807, 2.05) is 0 Å². The maximum absolute atomic E-state index is 9.25. The van der Waals surface area contributed by atoms with Gasteiger partial charge in [0.25, 0.3) is 0 Å². The summed E-state index contributed by atoms with van der Waals surface area (Å²) in [6, 6.07) is -0.789. The molecule has 1 saturated heterocycles. The molecule has 0 amide bonds. The number of quaternary nitrogens is 1. The first-order valence-corrected chi connectivity index (χ1v) is 3.71. The Hall–Kier alpha value is 0.0500. The number of aliphatic hydroxyl groups excluding tert-OH is 4. The molecule has 1 aliphatic heterocycles. The molecule has 4 unspecified atom stereocenters. The zero-order valence-corrected chi connectivity index (χ0v) is 7.63. The molecule has 0 aromatic carbocycles. The highest BCUT2D eigenvalue weighted by atomic mass is 35.5. The fourth-order valence-corrected chi connectivity index (χ4v) is 1.15. The topological polar surface area (TPSA) is 118 Å². The number of hydrogen-bond acceptors (Lipinski definition) is 5. The van der Waals surface area contributed by atoms with Gasteiger partial charge in [-0.2, -0.15) is 0 Å². The molecule has 80 valence electrons. The van der Waals surface area contributed by atoms with Crippen molar-refractivity contribution in [1.29, 1.82) is 0 Å². The van der Waals surface area contributed by atoms with Gasteiger partial charge in [-0.1, -0.05) is 0 Å². The van der Waals surface area contributed by atoms with Crippen LogP contribution in [0.2, 0.25) is 0 Å². The number of ether oxygens (including phenoxy) is 1. The van der Waals surface area contributed by atoms with E-state index in [0.29, 0.717) is 0 Å². The van der Waals surface area contributed by atoms with Crippen molar-refractivity contribution in [2.45, 2.75) is 30.6 Å². The van der Waals surface area contributed by atoms with Crippen LogP contribution in [0.25, 0.3) is 0 Å². The molecule has 0 aromatic heterocycles. The highest BCUT2D eigenvalue weighted by Crippen LogP contribution is 2.16. The first-order chi connectivity index (χ1) is 5.57. The van der Waals surface area contributed by atoms with E-state index in [1.54, 1.807) is 0 Å². The lowest BCUT2D eigenvalue weighted by Gasteiger charge is -2.36. The van der Waals surface area contributed by atoms with E-state index in [4.69, 9.17) is 14.9 Å². The zero-order valence-electron chi connectivity index (χ0n) is 6.88. The van der Waals surface area contributed by atoms with Gasteiger partial charge in [0.05, 0.1) is 6.61 Å². The van der Waals surface area contributed by atoms with Crippen molar-refractivity contribution in [1.82, 2.24) is 0 Å². The molecule has 7 N–H and O–H groups in total. The van der Waals surface area contributed by atoms with Crippen LogP contribution in [0.15, 0.2) is 0 Å². The maximum atomic E-state index is 9.25. The summed E-state index contributed by atoms with van der Waals surface area (Å²) >= 11 is 0. The summed E-state index contributed by atoms with van der Waals surface area (Å²) in [5.41, 5.74) is 3.41. The van der Waals surface area contributed by atoms with E-state index < -0.39 is 37.3 Å². The summed E-state index contributed by atoms with van der Waals surface area (Å²) in [4.78, 5) is 0. The summed E-state index contributed by atoms with van der Waals surface area (Å²) in [7, 11) is 0. The lowest BCUT2D eigenvalue weighted by Crippen LogP contribution is -3.00. The van der Waals surface area contributed by atoms with Crippen LogP contribution in [0.3, 0.4) is 0 Å². The summed E-state index contributed by atoms with van der Waals surface area (Å²) < 4.78 is 4.76. The third-order valence-electron chi connectivity index (χ3n) is 2.03. The Morgan fingerprint density at radius 2 is 1.69 bits per heavy atom. The van der Waals surface area contributed by atoms with Crippen LogP contribution in [0.1, 0.15) is 0 Å². The molecular weight excluding hydrogens is 202 g/mol. The number of halogens is 1. The van der Waals surface area contributed by atoms with Crippen LogP contribution in [0.4, 0.5) is 0 Å². The Morgan fingerprint density at radius 3 is 2.15 bits per heavy atom. The van der Waals surface area contributed by atoms with Gasteiger partial charge in [0.15, 0.2) is 6.04 Å². The van der Waals surface area contributed by atoms with Crippen molar-refractivity contribution in [2.24, 2.45) is 0 Å². The number of aliphatic hydroxyl groups is 4. The first-order valence-electron chi connectivity index (χ1n) is 3.71. The molecule has 13 heavy (non-hydrogen) atoms. The Bertz CT molecular complexity index is 155. The highest BCUT2D eigenvalue weighted by Gasteiger charge is 2.43. The van der Waals surface area contributed by atoms with E-state index in [0.717, 1.165) is 0 Å². The molecule has 5 atom stereocenters. The molecule has 7 heteroatoms. The molecule has 1 fully saturated rings.